The first-order valence-electron chi connectivity index (χ1n) is 9.83. The summed E-state index contributed by atoms with van der Waals surface area (Å²) in [5.41, 5.74) is -1.20. The van der Waals surface area contributed by atoms with Crippen LogP contribution in [0.15, 0.2) is 47.6 Å². The van der Waals surface area contributed by atoms with E-state index in [1.807, 2.05) is 0 Å². The van der Waals surface area contributed by atoms with Crippen molar-refractivity contribution in [3.8, 4) is 0 Å². The Morgan fingerprint density at radius 2 is 1.79 bits per heavy atom. The van der Waals surface area contributed by atoms with Crippen molar-refractivity contribution < 1.29 is 31.5 Å². The minimum absolute atomic E-state index is 0.0155. The number of thioether (sulfide) groups is 1. The van der Waals surface area contributed by atoms with Gasteiger partial charge in [0.1, 0.15) is 17.5 Å². The second kappa shape index (κ2) is 10.6. The molecule has 2 amide bonds. The van der Waals surface area contributed by atoms with Crippen LogP contribution in [0.3, 0.4) is 0 Å². The van der Waals surface area contributed by atoms with Gasteiger partial charge in [-0.15, -0.1) is 10.2 Å². The zero-order valence-electron chi connectivity index (χ0n) is 17.6. The second-order valence-corrected chi connectivity index (χ2v) is 7.85. The summed E-state index contributed by atoms with van der Waals surface area (Å²) < 4.78 is 67.0. The number of aromatic nitrogens is 3. The molecule has 0 spiro atoms. The number of hydrogen-bond donors (Lipinski definition) is 2. The lowest BCUT2D eigenvalue weighted by atomic mass is 10.2. The Labute approximate surface area is 194 Å². The van der Waals surface area contributed by atoms with Crippen LogP contribution in [0.1, 0.15) is 18.3 Å². The van der Waals surface area contributed by atoms with Gasteiger partial charge in [-0.25, -0.2) is 8.78 Å². The van der Waals surface area contributed by atoms with Crippen molar-refractivity contribution in [2.45, 2.75) is 31.2 Å². The van der Waals surface area contributed by atoms with Gasteiger partial charge in [0.2, 0.25) is 11.8 Å². The van der Waals surface area contributed by atoms with Gasteiger partial charge in [-0.05, 0) is 37.3 Å². The highest BCUT2D eigenvalue weighted by Crippen LogP contribution is 2.30. The molecule has 3 aromatic rings. The van der Waals surface area contributed by atoms with Crippen LogP contribution in [0.5, 0.6) is 0 Å². The quantitative estimate of drug-likeness (QED) is 0.352. The van der Waals surface area contributed by atoms with E-state index in [-0.39, 0.29) is 29.4 Å². The minimum Gasteiger partial charge on any atom is -0.326 e. The predicted molar refractivity (Wildman–Crippen MR) is 115 cm³/mol. The third-order valence-electron chi connectivity index (χ3n) is 4.44. The van der Waals surface area contributed by atoms with E-state index in [9.17, 15) is 31.5 Å². The van der Waals surface area contributed by atoms with Crippen molar-refractivity contribution in [3.63, 3.8) is 0 Å². The van der Waals surface area contributed by atoms with E-state index in [0.717, 1.165) is 42.1 Å². The number of nitrogens with zero attached hydrogens (tertiary/aromatic N) is 3. The van der Waals surface area contributed by atoms with Crippen LogP contribution in [-0.4, -0.2) is 32.3 Å². The summed E-state index contributed by atoms with van der Waals surface area (Å²) >= 11 is 0.970. The van der Waals surface area contributed by atoms with Crippen LogP contribution in [0.4, 0.5) is 33.3 Å². The van der Waals surface area contributed by atoms with Crippen LogP contribution in [0, 0.1) is 11.6 Å². The molecular weight excluding hydrogens is 481 g/mol. The zero-order valence-corrected chi connectivity index (χ0v) is 18.4. The fourth-order valence-corrected chi connectivity index (χ4v) is 3.73. The van der Waals surface area contributed by atoms with E-state index in [1.54, 1.807) is 11.5 Å². The summed E-state index contributed by atoms with van der Waals surface area (Å²) in [6.45, 7) is 2.10. The molecule has 0 aliphatic carbocycles. The Morgan fingerprint density at radius 3 is 2.50 bits per heavy atom. The topological polar surface area (TPSA) is 88.9 Å². The molecular formula is C21H18F5N5O2S. The molecule has 0 atom stereocenters. The van der Waals surface area contributed by atoms with E-state index < -0.39 is 35.2 Å². The predicted octanol–water partition coefficient (Wildman–Crippen LogP) is 4.51. The maximum Gasteiger partial charge on any atom is 0.416 e. The second-order valence-electron chi connectivity index (χ2n) is 6.91. The SMILES string of the molecule is CCn1c(CC(=O)Nc2cccc(C(F)(F)F)c2)nnc1SCC(=O)Nc1cc(F)ccc1F. The molecule has 1 aromatic heterocycles. The molecule has 0 unspecified atom stereocenters. The lowest BCUT2D eigenvalue weighted by Crippen LogP contribution is -2.18. The van der Waals surface area contributed by atoms with Crippen LogP contribution in [0.2, 0.25) is 0 Å². The number of carbonyl (C=O) groups is 2. The summed E-state index contributed by atoms with van der Waals surface area (Å²) in [6.07, 6.45) is -4.81. The fraction of sp³-hybridized carbons (Fsp3) is 0.238. The van der Waals surface area contributed by atoms with Gasteiger partial charge in [0.05, 0.1) is 23.4 Å². The van der Waals surface area contributed by atoms with Gasteiger partial charge in [-0.2, -0.15) is 13.2 Å². The largest absolute Gasteiger partial charge is 0.416 e. The Hall–Kier alpha value is -3.48. The molecule has 2 N–H and O–H groups in total. The number of alkyl halides is 3. The maximum atomic E-state index is 13.7. The number of rotatable bonds is 8. The van der Waals surface area contributed by atoms with Crippen LogP contribution < -0.4 is 10.6 Å². The van der Waals surface area contributed by atoms with Crippen molar-refractivity contribution in [3.05, 3.63) is 65.5 Å². The van der Waals surface area contributed by atoms with Gasteiger partial charge in [0.25, 0.3) is 0 Å². The van der Waals surface area contributed by atoms with Crippen LogP contribution in [0.25, 0.3) is 0 Å². The lowest BCUT2D eigenvalue weighted by molar-refractivity contribution is -0.137. The number of benzene rings is 2. The Balaban J connectivity index is 1.61. The number of carbonyl (C=O) groups excluding carboxylic acids is 2. The molecule has 1 heterocycles. The molecule has 0 radical (unpaired) electrons. The Morgan fingerprint density at radius 1 is 1.03 bits per heavy atom. The first-order valence-corrected chi connectivity index (χ1v) is 10.8. The highest BCUT2D eigenvalue weighted by atomic mass is 32.2. The number of hydrogen-bond acceptors (Lipinski definition) is 5. The molecule has 13 heteroatoms. The number of halogens is 5. The third-order valence-corrected chi connectivity index (χ3v) is 5.40. The van der Waals surface area contributed by atoms with Crippen molar-refractivity contribution in [2.75, 3.05) is 16.4 Å². The molecule has 0 saturated heterocycles. The van der Waals surface area contributed by atoms with E-state index >= 15 is 0 Å². The summed E-state index contributed by atoms with van der Waals surface area (Å²) in [7, 11) is 0. The molecule has 0 saturated carbocycles. The standard InChI is InChI=1S/C21H18F5N5O2S/c1-2-31-17(10-18(32)27-14-5-3-4-12(8-14)21(24,25)26)29-30-20(31)34-11-19(33)28-16-9-13(22)6-7-15(16)23/h3-9H,2,10-11H2,1H3,(H,27,32)(H,28,33). The summed E-state index contributed by atoms with van der Waals surface area (Å²) in [5, 5.41) is 12.8. The smallest absolute Gasteiger partial charge is 0.326 e. The molecule has 0 fully saturated rings. The van der Waals surface area contributed by atoms with E-state index in [1.165, 1.54) is 12.1 Å². The minimum atomic E-state index is -4.54. The third kappa shape index (κ3) is 6.53. The van der Waals surface area contributed by atoms with Crippen LogP contribution in [-0.2, 0) is 28.7 Å². The number of anilines is 2. The Bertz CT molecular complexity index is 1200. The Kier molecular flexibility index (Phi) is 7.87. The van der Waals surface area contributed by atoms with Gasteiger partial charge in [-0.1, -0.05) is 17.8 Å². The highest BCUT2D eigenvalue weighted by molar-refractivity contribution is 7.99. The van der Waals surface area contributed by atoms with Gasteiger partial charge in [0.15, 0.2) is 5.16 Å². The molecule has 0 bridgehead atoms. The highest BCUT2D eigenvalue weighted by Gasteiger charge is 2.30. The molecule has 0 aliphatic heterocycles. The van der Waals surface area contributed by atoms with Crippen molar-refractivity contribution in [1.82, 2.24) is 14.8 Å². The van der Waals surface area contributed by atoms with Gasteiger partial charge < -0.3 is 15.2 Å². The molecule has 180 valence electrons. The number of amides is 2. The van der Waals surface area contributed by atoms with Crippen molar-refractivity contribution in [2.24, 2.45) is 0 Å². The van der Waals surface area contributed by atoms with E-state index in [2.05, 4.69) is 20.8 Å². The fourth-order valence-electron chi connectivity index (χ4n) is 2.91. The first kappa shape index (κ1) is 25.1. The number of nitrogens with one attached hydrogen (secondary N) is 2. The average Bonchev–Trinajstić information content (AvgIpc) is 3.15. The molecule has 34 heavy (non-hydrogen) atoms. The molecule has 0 aliphatic rings. The molecule has 2 aromatic carbocycles. The zero-order chi connectivity index (χ0) is 24.9. The summed E-state index contributed by atoms with van der Waals surface area (Å²) in [6, 6.07) is 6.90. The first-order chi connectivity index (χ1) is 16.1. The average molecular weight is 499 g/mol. The van der Waals surface area contributed by atoms with Gasteiger partial charge >= 0.3 is 6.18 Å². The normalized spacial score (nSPS) is 11.4. The molecule has 3 rings (SSSR count). The van der Waals surface area contributed by atoms with E-state index in [0.29, 0.717) is 11.7 Å². The van der Waals surface area contributed by atoms with Gasteiger partial charge in [0, 0.05) is 18.3 Å². The lowest BCUT2D eigenvalue weighted by Gasteiger charge is -2.10. The monoisotopic (exact) mass is 499 g/mol. The van der Waals surface area contributed by atoms with Crippen LogP contribution >= 0.6 is 11.8 Å². The van der Waals surface area contributed by atoms with Crippen molar-refractivity contribution >= 4 is 35.0 Å². The maximum absolute atomic E-state index is 13.7. The van der Waals surface area contributed by atoms with Gasteiger partial charge in [-0.3, -0.25) is 9.59 Å². The van der Waals surface area contributed by atoms with Crippen molar-refractivity contribution in [1.29, 1.82) is 0 Å². The summed E-state index contributed by atoms with van der Waals surface area (Å²) in [5.74, 6) is -2.65. The molecule has 7 nitrogen and oxygen atoms in total. The summed E-state index contributed by atoms with van der Waals surface area (Å²) in [4.78, 5) is 24.5. The van der Waals surface area contributed by atoms with E-state index in [4.69, 9.17) is 0 Å².